The SMILES string of the molecule is CCCC(COC)n1cnc(C(=O)OC)c1N. The highest BCUT2D eigenvalue weighted by Gasteiger charge is 2.20. The van der Waals surface area contributed by atoms with E-state index in [1.807, 2.05) is 0 Å². The van der Waals surface area contributed by atoms with Crippen molar-refractivity contribution < 1.29 is 14.3 Å². The summed E-state index contributed by atoms with van der Waals surface area (Å²) < 4.78 is 11.5. The van der Waals surface area contributed by atoms with Crippen molar-refractivity contribution in [2.24, 2.45) is 0 Å². The van der Waals surface area contributed by atoms with Gasteiger partial charge in [-0.15, -0.1) is 0 Å². The summed E-state index contributed by atoms with van der Waals surface area (Å²) in [5, 5.41) is 0. The molecule has 0 aliphatic heterocycles. The molecule has 0 amide bonds. The zero-order valence-corrected chi connectivity index (χ0v) is 10.5. The maximum atomic E-state index is 11.4. The van der Waals surface area contributed by atoms with Crippen LogP contribution in [0.1, 0.15) is 36.3 Å². The number of ether oxygens (including phenoxy) is 2. The first kappa shape index (κ1) is 13.5. The third-order valence-corrected chi connectivity index (χ3v) is 2.59. The molecule has 0 aliphatic carbocycles. The number of hydrogen-bond acceptors (Lipinski definition) is 5. The van der Waals surface area contributed by atoms with Crippen molar-refractivity contribution in [3.8, 4) is 0 Å². The lowest BCUT2D eigenvalue weighted by molar-refractivity contribution is 0.0595. The van der Waals surface area contributed by atoms with E-state index in [1.165, 1.54) is 7.11 Å². The number of nitrogen functional groups attached to an aromatic ring is 1. The third-order valence-electron chi connectivity index (χ3n) is 2.59. The van der Waals surface area contributed by atoms with Gasteiger partial charge in [0.15, 0.2) is 5.69 Å². The van der Waals surface area contributed by atoms with Crippen LogP contribution in [-0.4, -0.2) is 36.3 Å². The Balaban J connectivity index is 2.96. The van der Waals surface area contributed by atoms with Crippen LogP contribution in [0.4, 0.5) is 5.82 Å². The number of rotatable bonds is 6. The van der Waals surface area contributed by atoms with Crippen LogP contribution < -0.4 is 5.73 Å². The van der Waals surface area contributed by atoms with Crippen LogP contribution in [0.15, 0.2) is 6.33 Å². The predicted molar refractivity (Wildman–Crippen MR) is 63.8 cm³/mol. The fourth-order valence-electron chi connectivity index (χ4n) is 1.74. The van der Waals surface area contributed by atoms with E-state index in [0.29, 0.717) is 12.4 Å². The third kappa shape index (κ3) is 2.97. The van der Waals surface area contributed by atoms with Crippen LogP contribution in [0.5, 0.6) is 0 Å². The average molecular weight is 241 g/mol. The minimum absolute atomic E-state index is 0.0934. The van der Waals surface area contributed by atoms with E-state index < -0.39 is 5.97 Å². The maximum Gasteiger partial charge on any atom is 0.360 e. The molecule has 0 aromatic carbocycles. The lowest BCUT2D eigenvalue weighted by Gasteiger charge is -2.18. The molecule has 6 heteroatoms. The van der Waals surface area contributed by atoms with E-state index >= 15 is 0 Å². The van der Waals surface area contributed by atoms with Crippen LogP contribution >= 0.6 is 0 Å². The Morgan fingerprint density at radius 2 is 2.29 bits per heavy atom. The first-order chi connectivity index (χ1) is 8.15. The predicted octanol–water partition coefficient (Wildman–Crippen LogP) is 1.24. The molecule has 0 spiro atoms. The number of nitrogens with zero attached hydrogens (tertiary/aromatic N) is 2. The molecule has 1 atom stereocenters. The summed E-state index contributed by atoms with van der Waals surface area (Å²) in [5.74, 6) is -0.193. The molecule has 1 aromatic rings. The monoisotopic (exact) mass is 241 g/mol. The van der Waals surface area contributed by atoms with Crippen LogP contribution in [0.2, 0.25) is 0 Å². The summed E-state index contributed by atoms with van der Waals surface area (Å²) in [6, 6.07) is 0.0934. The number of carbonyl (C=O) groups is 1. The Morgan fingerprint density at radius 1 is 1.59 bits per heavy atom. The number of hydrogen-bond donors (Lipinski definition) is 1. The van der Waals surface area contributed by atoms with Gasteiger partial charge in [-0.2, -0.15) is 0 Å². The molecule has 1 heterocycles. The van der Waals surface area contributed by atoms with Gasteiger partial charge in [-0.05, 0) is 6.42 Å². The van der Waals surface area contributed by atoms with Gasteiger partial charge in [0.25, 0.3) is 0 Å². The molecule has 0 fully saturated rings. The van der Waals surface area contributed by atoms with Gasteiger partial charge in [0.05, 0.1) is 26.1 Å². The van der Waals surface area contributed by atoms with E-state index in [2.05, 4.69) is 16.6 Å². The molecule has 1 rings (SSSR count). The molecule has 0 saturated carbocycles. The number of imidazole rings is 1. The molecular formula is C11H19N3O3. The number of nitrogens with two attached hydrogens (primary N) is 1. The lowest BCUT2D eigenvalue weighted by Crippen LogP contribution is -2.17. The highest BCUT2D eigenvalue weighted by Crippen LogP contribution is 2.21. The summed E-state index contributed by atoms with van der Waals surface area (Å²) in [7, 11) is 2.94. The van der Waals surface area contributed by atoms with Crippen LogP contribution in [0, 0.1) is 0 Å². The van der Waals surface area contributed by atoms with E-state index in [9.17, 15) is 4.79 Å². The number of carbonyl (C=O) groups excluding carboxylic acids is 1. The number of esters is 1. The summed E-state index contributed by atoms with van der Waals surface area (Å²) in [6.45, 7) is 2.62. The molecule has 0 saturated heterocycles. The molecule has 1 aromatic heterocycles. The summed E-state index contributed by atoms with van der Waals surface area (Å²) in [4.78, 5) is 15.4. The number of aromatic nitrogens is 2. The molecule has 0 aliphatic rings. The normalized spacial score (nSPS) is 12.4. The van der Waals surface area contributed by atoms with Crippen molar-refractivity contribution in [1.82, 2.24) is 9.55 Å². The number of methoxy groups -OCH3 is 2. The van der Waals surface area contributed by atoms with Crippen molar-refractivity contribution >= 4 is 11.8 Å². The standard InChI is InChI=1S/C11H19N3O3/c1-4-5-8(6-16-2)14-7-13-9(10(14)12)11(15)17-3/h7-8H,4-6,12H2,1-3H3. The van der Waals surface area contributed by atoms with Crippen LogP contribution in [-0.2, 0) is 9.47 Å². The Hall–Kier alpha value is -1.56. The first-order valence-electron chi connectivity index (χ1n) is 5.55. The second-order valence-electron chi connectivity index (χ2n) is 3.78. The Bertz CT molecular complexity index is 370. The van der Waals surface area contributed by atoms with Crippen molar-refractivity contribution in [2.45, 2.75) is 25.8 Å². The minimum atomic E-state index is -0.520. The average Bonchev–Trinajstić information content (AvgIpc) is 2.70. The molecule has 96 valence electrons. The Labute approximate surface area is 101 Å². The highest BCUT2D eigenvalue weighted by molar-refractivity contribution is 5.92. The van der Waals surface area contributed by atoms with Gasteiger partial charge in [-0.1, -0.05) is 13.3 Å². The van der Waals surface area contributed by atoms with Crippen molar-refractivity contribution in [3.05, 3.63) is 12.0 Å². The van der Waals surface area contributed by atoms with Gasteiger partial charge in [0.1, 0.15) is 5.82 Å². The van der Waals surface area contributed by atoms with E-state index in [1.54, 1.807) is 18.0 Å². The second-order valence-corrected chi connectivity index (χ2v) is 3.78. The smallest absolute Gasteiger partial charge is 0.360 e. The topological polar surface area (TPSA) is 79.4 Å². The van der Waals surface area contributed by atoms with E-state index in [-0.39, 0.29) is 11.7 Å². The van der Waals surface area contributed by atoms with Crippen LogP contribution in [0.3, 0.4) is 0 Å². The summed E-state index contributed by atoms with van der Waals surface area (Å²) in [5.41, 5.74) is 6.04. The van der Waals surface area contributed by atoms with Gasteiger partial charge < -0.3 is 19.8 Å². The fraction of sp³-hybridized carbons (Fsp3) is 0.636. The molecule has 0 radical (unpaired) electrons. The van der Waals surface area contributed by atoms with Crippen LogP contribution in [0.25, 0.3) is 0 Å². The number of anilines is 1. The molecule has 1 unspecified atom stereocenters. The van der Waals surface area contributed by atoms with E-state index in [4.69, 9.17) is 10.5 Å². The van der Waals surface area contributed by atoms with Crippen molar-refractivity contribution in [2.75, 3.05) is 26.6 Å². The molecule has 0 bridgehead atoms. The summed E-state index contributed by atoms with van der Waals surface area (Å²) in [6.07, 6.45) is 3.47. The lowest BCUT2D eigenvalue weighted by atomic mass is 10.2. The zero-order chi connectivity index (χ0) is 12.8. The van der Waals surface area contributed by atoms with Gasteiger partial charge in [-0.25, -0.2) is 9.78 Å². The largest absolute Gasteiger partial charge is 0.464 e. The first-order valence-corrected chi connectivity index (χ1v) is 5.55. The molecule has 2 N–H and O–H groups in total. The van der Waals surface area contributed by atoms with Gasteiger partial charge >= 0.3 is 5.97 Å². The Kier molecular flexibility index (Phi) is 4.96. The summed E-state index contributed by atoms with van der Waals surface area (Å²) >= 11 is 0. The van der Waals surface area contributed by atoms with Gasteiger partial charge in [0.2, 0.25) is 0 Å². The fourth-order valence-corrected chi connectivity index (χ4v) is 1.74. The Morgan fingerprint density at radius 3 is 2.82 bits per heavy atom. The maximum absolute atomic E-state index is 11.4. The van der Waals surface area contributed by atoms with Crippen molar-refractivity contribution in [3.63, 3.8) is 0 Å². The molecular weight excluding hydrogens is 222 g/mol. The molecule has 17 heavy (non-hydrogen) atoms. The highest BCUT2D eigenvalue weighted by atomic mass is 16.5. The quantitative estimate of drug-likeness (QED) is 0.758. The van der Waals surface area contributed by atoms with Gasteiger partial charge in [0, 0.05) is 7.11 Å². The molecule has 6 nitrogen and oxygen atoms in total. The van der Waals surface area contributed by atoms with Crippen molar-refractivity contribution in [1.29, 1.82) is 0 Å². The van der Waals surface area contributed by atoms with E-state index in [0.717, 1.165) is 12.8 Å². The minimum Gasteiger partial charge on any atom is -0.464 e. The zero-order valence-electron chi connectivity index (χ0n) is 10.5. The second kappa shape index (κ2) is 6.24. The van der Waals surface area contributed by atoms with Gasteiger partial charge in [-0.3, -0.25) is 0 Å².